The van der Waals surface area contributed by atoms with Crippen LogP contribution in [0, 0.1) is 0 Å². The first-order valence-corrected chi connectivity index (χ1v) is 4.41. The molecule has 0 saturated heterocycles. The molecule has 38 valence electrons. The molecule has 6 heavy (non-hydrogen) atoms. The SMILES string of the molecule is C.C[CH2][AlH][CH2]C. The highest BCUT2D eigenvalue weighted by atomic mass is 27.1. The van der Waals surface area contributed by atoms with E-state index in [9.17, 15) is 0 Å². The van der Waals surface area contributed by atoms with Crippen LogP contribution < -0.4 is 0 Å². The van der Waals surface area contributed by atoms with Gasteiger partial charge >= 0.3 is 0 Å². The van der Waals surface area contributed by atoms with Crippen molar-refractivity contribution in [3.8, 4) is 0 Å². The maximum Gasteiger partial charge on any atom is 0.236 e. The summed E-state index contributed by atoms with van der Waals surface area (Å²) < 4.78 is 0. The molecule has 0 rings (SSSR count). The third-order valence-electron chi connectivity index (χ3n) is 0.707. The third-order valence-corrected chi connectivity index (χ3v) is 2.12. The van der Waals surface area contributed by atoms with Crippen LogP contribution in [0.2, 0.25) is 10.6 Å². The molecule has 0 aliphatic carbocycles. The van der Waals surface area contributed by atoms with E-state index in [1.54, 1.807) is 0 Å². The predicted molar refractivity (Wildman–Crippen MR) is 34.8 cm³/mol. The lowest BCUT2D eigenvalue weighted by atomic mass is 10.9. The fraction of sp³-hybridized carbons (Fsp3) is 1.00. The van der Waals surface area contributed by atoms with Crippen LogP contribution in [0.15, 0.2) is 0 Å². The first-order chi connectivity index (χ1) is 2.41. The monoisotopic (exact) mass is 102 g/mol. The molecule has 0 aliphatic rings. The van der Waals surface area contributed by atoms with E-state index < -0.39 is 0 Å². The lowest BCUT2D eigenvalue weighted by molar-refractivity contribution is 1.36. The molecule has 0 nitrogen and oxygen atoms in total. The van der Waals surface area contributed by atoms with Crippen LogP contribution in [0.1, 0.15) is 21.3 Å². The van der Waals surface area contributed by atoms with Crippen molar-refractivity contribution in [1.29, 1.82) is 0 Å². The molecule has 1 heteroatoms. The minimum Gasteiger partial charge on any atom is -0.100 e. The average Bonchev–Trinajstić information content (AvgIpc) is 1.41. The molecule has 0 aromatic heterocycles. The highest BCUT2D eigenvalue weighted by Gasteiger charge is 1.76. The molecule has 0 atom stereocenters. The van der Waals surface area contributed by atoms with Gasteiger partial charge in [-0.15, -0.1) is 10.6 Å². The van der Waals surface area contributed by atoms with Crippen molar-refractivity contribution in [2.24, 2.45) is 0 Å². The Bertz CT molecular complexity index is 11.4. The quantitative estimate of drug-likeness (QED) is 0.467. The minimum absolute atomic E-state index is 0. The van der Waals surface area contributed by atoms with Gasteiger partial charge in [-0.1, -0.05) is 21.3 Å². The van der Waals surface area contributed by atoms with Gasteiger partial charge in [0.15, 0.2) is 0 Å². The van der Waals surface area contributed by atoms with Crippen molar-refractivity contribution in [1.82, 2.24) is 0 Å². The molecule has 0 radical (unpaired) electrons. The topological polar surface area (TPSA) is 0 Å². The van der Waals surface area contributed by atoms with Crippen LogP contribution in [0.4, 0.5) is 0 Å². The molecular formula is C5H15Al. The highest BCUT2D eigenvalue weighted by Crippen LogP contribution is 1.77. The van der Waals surface area contributed by atoms with Crippen molar-refractivity contribution in [3.05, 3.63) is 0 Å². The summed E-state index contributed by atoms with van der Waals surface area (Å²) in [5.41, 5.74) is 0. The maximum absolute atomic E-state index is 2.27. The fourth-order valence-corrected chi connectivity index (χ4v) is 1.06. The predicted octanol–water partition coefficient (Wildman–Crippen LogP) is 1.94. The van der Waals surface area contributed by atoms with Gasteiger partial charge in [0.05, 0.1) is 0 Å². The molecule has 0 fully saturated rings. The fourth-order valence-electron chi connectivity index (χ4n) is 0.354. The van der Waals surface area contributed by atoms with Gasteiger partial charge in [-0.2, -0.15) is 0 Å². The second kappa shape index (κ2) is 9.11. The molecule has 0 aromatic rings. The summed E-state index contributed by atoms with van der Waals surface area (Å²) in [7, 11) is 0. The zero-order valence-electron chi connectivity index (χ0n) is 4.12. The van der Waals surface area contributed by atoms with Gasteiger partial charge in [-0.05, 0) is 0 Å². The Balaban J connectivity index is 0. The summed E-state index contributed by atoms with van der Waals surface area (Å²) in [5, 5.41) is 2.97. The van der Waals surface area contributed by atoms with Crippen molar-refractivity contribution in [2.75, 3.05) is 0 Å². The van der Waals surface area contributed by atoms with Crippen LogP contribution in [0.5, 0.6) is 0 Å². The van der Waals surface area contributed by atoms with E-state index >= 15 is 0 Å². The summed E-state index contributed by atoms with van der Waals surface area (Å²) in [6, 6.07) is 0. The average molecular weight is 102 g/mol. The van der Waals surface area contributed by atoms with Gasteiger partial charge in [-0.3, -0.25) is 0 Å². The van der Waals surface area contributed by atoms with E-state index in [2.05, 4.69) is 13.8 Å². The van der Waals surface area contributed by atoms with Gasteiger partial charge in [0, 0.05) is 0 Å². The zero-order chi connectivity index (χ0) is 4.12. The second-order valence-corrected chi connectivity index (χ2v) is 4.06. The smallest absolute Gasteiger partial charge is 0.100 e. The van der Waals surface area contributed by atoms with Crippen molar-refractivity contribution < 1.29 is 0 Å². The number of hydrogen-bond donors (Lipinski definition) is 0. The Labute approximate surface area is 47.7 Å². The van der Waals surface area contributed by atoms with Crippen molar-refractivity contribution in [2.45, 2.75) is 31.8 Å². The Kier molecular flexibility index (Phi) is 14.8. The molecule has 0 bridgehead atoms. The lowest BCUT2D eigenvalue weighted by Crippen LogP contribution is -1.76. The molecule has 0 unspecified atom stereocenters. The molecule has 0 spiro atoms. The van der Waals surface area contributed by atoms with E-state index in [4.69, 9.17) is 0 Å². The summed E-state index contributed by atoms with van der Waals surface area (Å²) in [6.07, 6.45) is 0. The molecular weight excluding hydrogens is 87.0 g/mol. The van der Waals surface area contributed by atoms with E-state index in [-0.39, 0.29) is 7.43 Å². The Morgan fingerprint density at radius 3 is 1.50 bits per heavy atom. The van der Waals surface area contributed by atoms with Crippen LogP contribution in [-0.4, -0.2) is 15.2 Å². The first kappa shape index (κ1) is 9.73. The van der Waals surface area contributed by atoms with Gasteiger partial charge in [0.25, 0.3) is 0 Å². The highest BCUT2D eigenvalue weighted by molar-refractivity contribution is 6.34. The van der Waals surface area contributed by atoms with Gasteiger partial charge in [0.2, 0.25) is 15.2 Å². The maximum atomic E-state index is 2.27. The third kappa shape index (κ3) is 8.82. The van der Waals surface area contributed by atoms with Crippen LogP contribution >= 0.6 is 0 Å². The molecule has 0 aliphatic heterocycles. The molecule has 0 saturated carbocycles. The summed E-state index contributed by atoms with van der Waals surface area (Å²) in [4.78, 5) is 0. The van der Waals surface area contributed by atoms with Crippen LogP contribution in [0.3, 0.4) is 0 Å². The van der Waals surface area contributed by atoms with Crippen molar-refractivity contribution >= 4 is 15.2 Å². The zero-order valence-corrected chi connectivity index (χ0v) is 5.54. The first-order valence-electron chi connectivity index (χ1n) is 2.41. The summed E-state index contributed by atoms with van der Waals surface area (Å²) in [6.45, 7) is 4.55. The van der Waals surface area contributed by atoms with Gasteiger partial charge in [0.1, 0.15) is 0 Å². The Morgan fingerprint density at radius 1 is 1.17 bits per heavy atom. The van der Waals surface area contributed by atoms with E-state index in [0.29, 0.717) is 15.2 Å². The Hall–Kier alpha value is 0.532. The Morgan fingerprint density at radius 2 is 1.50 bits per heavy atom. The molecule has 0 amide bonds. The molecule has 0 N–H and O–H groups in total. The van der Waals surface area contributed by atoms with Crippen LogP contribution in [0.25, 0.3) is 0 Å². The normalized spacial score (nSPS) is 6.33. The van der Waals surface area contributed by atoms with E-state index in [1.807, 2.05) is 0 Å². The molecule has 0 heterocycles. The largest absolute Gasteiger partial charge is 0.236 e. The molecule has 0 aromatic carbocycles. The van der Waals surface area contributed by atoms with Gasteiger partial charge < -0.3 is 0 Å². The standard InChI is InChI=1S/2C2H5.CH4.Al.H/c2*1-2;;;/h2*1H2,2H3;1H4;;. The number of rotatable bonds is 2. The van der Waals surface area contributed by atoms with Crippen LogP contribution in [-0.2, 0) is 0 Å². The second-order valence-electron chi connectivity index (χ2n) is 1.35. The summed E-state index contributed by atoms with van der Waals surface area (Å²) in [5.74, 6) is 0. The van der Waals surface area contributed by atoms with Crippen molar-refractivity contribution in [3.63, 3.8) is 0 Å². The van der Waals surface area contributed by atoms with E-state index in [0.717, 1.165) is 0 Å². The summed E-state index contributed by atoms with van der Waals surface area (Å²) >= 11 is 0.432. The minimum atomic E-state index is 0. The number of hydrogen-bond acceptors (Lipinski definition) is 0. The van der Waals surface area contributed by atoms with E-state index in [1.165, 1.54) is 10.6 Å². The van der Waals surface area contributed by atoms with Gasteiger partial charge in [-0.25, -0.2) is 0 Å². The lowest BCUT2D eigenvalue weighted by Gasteiger charge is -1.73.